The quantitative estimate of drug-likeness (QED) is 0.412. The van der Waals surface area contributed by atoms with Crippen LogP contribution in [-0.4, -0.2) is 45.3 Å². The van der Waals surface area contributed by atoms with E-state index in [4.69, 9.17) is 4.74 Å². The van der Waals surface area contributed by atoms with Crippen molar-refractivity contribution in [3.63, 3.8) is 0 Å². The number of carbonyl (C=O) groups is 2. The minimum absolute atomic E-state index is 0.0759. The Bertz CT molecular complexity index is 795. The predicted molar refractivity (Wildman–Crippen MR) is 97.8 cm³/mol. The second-order valence-electron chi connectivity index (χ2n) is 5.85. The number of nitrogens with one attached hydrogen (secondary N) is 2. The number of carbonyl (C=O) groups excluding carboxylic acids is 2. The Morgan fingerprint density at radius 3 is 2.80 bits per heavy atom. The van der Waals surface area contributed by atoms with Crippen LogP contribution in [0.2, 0.25) is 0 Å². The summed E-state index contributed by atoms with van der Waals surface area (Å²) in [6, 6.07) is 0.526. The highest BCUT2D eigenvalue weighted by Crippen LogP contribution is 2.30. The lowest BCUT2D eigenvalue weighted by Crippen LogP contribution is -2.08. The van der Waals surface area contributed by atoms with Crippen molar-refractivity contribution in [2.75, 3.05) is 17.7 Å². The van der Waals surface area contributed by atoms with Crippen molar-refractivity contribution >= 4 is 40.0 Å². The van der Waals surface area contributed by atoms with Crippen molar-refractivity contribution in [1.29, 1.82) is 0 Å². The van der Waals surface area contributed by atoms with Crippen LogP contribution in [0, 0.1) is 13.8 Å². The lowest BCUT2D eigenvalue weighted by atomic mass is 10.1. The van der Waals surface area contributed by atoms with Crippen LogP contribution >= 0.6 is 23.1 Å². The fraction of sp³-hybridized carbons (Fsp3) is 0.500. The summed E-state index contributed by atoms with van der Waals surface area (Å²) < 4.78 is 5.81. The van der Waals surface area contributed by atoms with Gasteiger partial charge in [0.2, 0.25) is 5.13 Å². The molecule has 0 spiro atoms. The highest BCUT2D eigenvalue weighted by atomic mass is 32.2. The second kappa shape index (κ2) is 7.57. The van der Waals surface area contributed by atoms with Crippen LogP contribution in [0.15, 0.2) is 4.34 Å². The Morgan fingerprint density at radius 2 is 2.12 bits per heavy atom. The zero-order valence-corrected chi connectivity index (χ0v) is 16.0. The zero-order chi connectivity index (χ0) is 18.0. The molecule has 2 heterocycles. The molecule has 0 bridgehead atoms. The van der Waals surface area contributed by atoms with Crippen molar-refractivity contribution in [3.8, 4) is 0 Å². The normalized spacial score (nSPS) is 13.7. The van der Waals surface area contributed by atoms with Gasteiger partial charge in [0, 0.05) is 11.7 Å². The van der Waals surface area contributed by atoms with Crippen LogP contribution in [0.5, 0.6) is 0 Å². The first-order valence-electron chi connectivity index (χ1n) is 8.12. The van der Waals surface area contributed by atoms with Gasteiger partial charge in [-0.05, 0) is 39.2 Å². The summed E-state index contributed by atoms with van der Waals surface area (Å²) in [5.74, 6) is -0.241. The van der Waals surface area contributed by atoms with Crippen LogP contribution in [-0.2, 0) is 4.74 Å². The first-order chi connectivity index (χ1) is 12.0. The van der Waals surface area contributed by atoms with E-state index in [1.54, 1.807) is 20.8 Å². The molecule has 2 N–H and O–H groups in total. The van der Waals surface area contributed by atoms with E-state index in [0.717, 1.165) is 9.47 Å². The van der Waals surface area contributed by atoms with E-state index in [9.17, 15) is 9.59 Å². The van der Waals surface area contributed by atoms with Crippen LogP contribution in [0.1, 0.15) is 51.9 Å². The minimum atomic E-state index is -0.402. The molecule has 0 aliphatic heterocycles. The van der Waals surface area contributed by atoms with Gasteiger partial charge in [0.1, 0.15) is 0 Å². The summed E-state index contributed by atoms with van der Waals surface area (Å²) in [5.41, 5.74) is 2.18. The van der Waals surface area contributed by atoms with E-state index in [-0.39, 0.29) is 11.5 Å². The molecular formula is C16H20N4O3S2. The van der Waals surface area contributed by atoms with Crippen LogP contribution in [0.4, 0.5) is 5.13 Å². The van der Waals surface area contributed by atoms with Crippen molar-refractivity contribution in [2.24, 2.45) is 0 Å². The van der Waals surface area contributed by atoms with Gasteiger partial charge < -0.3 is 15.0 Å². The standard InChI is InChI=1S/C16H20N4O3S2/c1-4-23-14(22)12-8(2)13(17-9(12)3)11(21)7-24-16-20-19-15(25-16)18-10-5-6-10/h10,17H,4-7H2,1-3H3,(H,18,19). The molecule has 3 rings (SSSR count). The monoisotopic (exact) mass is 380 g/mol. The average molecular weight is 380 g/mol. The highest BCUT2D eigenvalue weighted by molar-refractivity contribution is 8.01. The number of rotatable bonds is 8. The minimum Gasteiger partial charge on any atom is -0.462 e. The van der Waals surface area contributed by atoms with Crippen molar-refractivity contribution in [1.82, 2.24) is 15.2 Å². The summed E-state index contributed by atoms with van der Waals surface area (Å²) in [4.78, 5) is 27.6. The molecule has 1 fully saturated rings. The number of ether oxygens (including phenoxy) is 1. The van der Waals surface area contributed by atoms with E-state index in [2.05, 4.69) is 20.5 Å². The summed E-state index contributed by atoms with van der Waals surface area (Å²) in [6.07, 6.45) is 2.35. The van der Waals surface area contributed by atoms with Gasteiger partial charge in [-0.25, -0.2) is 4.79 Å². The maximum atomic E-state index is 12.5. The summed E-state index contributed by atoms with van der Waals surface area (Å²) in [7, 11) is 0. The number of hydrogen-bond donors (Lipinski definition) is 2. The van der Waals surface area contributed by atoms with Gasteiger partial charge in [-0.1, -0.05) is 23.1 Å². The fourth-order valence-corrected chi connectivity index (χ4v) is 4.17. The number of H-pyrrole nitrogens is 1. The molecule has 25 heavy (non-hydrogen) atoms. The number of anilines is 1. The second-order valence-corrected chi connectivity index (χ2v) is 8.05. The van der Waals surface area contributed by atoms with Crippen LogP contribution in [0.25, 0.3) is 0 Å². The predicted octanol–water partition coefficient (Wildman–Crippen LogP) is 3.21. The van der Waals surface area contributed by atoms with Crippen molar-refractivity contribution in [3.05, 3.63) is 22.5 Å². The molecule has 2 aromatic heterocycles. The summed E-state index contributed by atoms with van der Waals surface area (Å²) >= 11 is 2.81. The highest BCUT2D eigenvalue weighted by Gasteiger charge is 2.24. The van der Waals surface area contributed by atoms with Gasteiger partial charge in [0.25, 0.3) is 0 Å². The van der Waals surface area contributed by atoms with E-state index in [0.29, 0.717) is 35.2 Å². The first-order valence-corrected chi connectivity index (χ1v) is 9.92. The number of hydrogen-bond acceptors (Lipinski definition) is 8. The molecule has 0 atom stereocenters. The lowest BCUT2D eigenvalue weighted by Gasteiger charge is -2.02. The van der Waals surface area contributed by atoms with Crippen molar-refractivity contribution < 1.29 is 14.3 Å². The van der Waals surface area contributed by atoms with Gasteiger partial charge in [0.15, 0.2) is 10.1 Å². The Balaban J connectivity index is 1.63. The molecule has 2 aromatic rings. The molecule has 0 saturated heterocycles. The third-order valence-electron chi connectivity index (χ3n) is 3.83. The molecule has 1 saturated carbocycles. The Morgan fingerprint density at radius 1 is 1.36 bits per heavy atom. The Hall–Kier alpha value is -1.87. The number of esters is 1. The van der Waals surface area contributed by atoms with E-state index in [1.807, 2.05) is 0 Å². The molecule has 0 unspecified atom stereocenters. The van der Waals surface area contributed by atoms with E-state index in [1.165, 1.54) is 35.9 Å². The number of aromatic nitrogens is 3. The molecule has 1 aliphatic rings. The molecule has 0 radical (unpaired) electrons. The molecule has 0 aromatic carbocycles. The van der Waals surface area contributed by atoms with Gasteiger partial charge >= 0.3 is 5.97 Å². The zero-order valence-electron chi connectivity index (χ0n) is 14.3. The third kappa shape index (κ3) is 4.21. The van der Waals surface area contributed by atoms with E-state index >= 15 is 0 Å². The van der Waals surface area contributed by atoms with Gasteiger partial charge in [0.05, 0.1) is 23.6 Å². The fourth-order valence-electron chi connectivity index (χ4n) is 2.47. The topological polar surface area (TPSA) is 97.0 Å². The van der Waals surface area contributed by atoms with Crippen LogP contribution in [0.3, 0.4) is 0 Å². The maximum Gasteiger partial charge on any atom is 0.340 e. The smallest absolute Gasteiger partial charge is 0.340 e. The number of aromatic amines is 1. The molecule has 134 valence electrons. The summed E-state index contributed by atoms with van der Waals surface area (Å²) in [6.45, 7) is 5.59. The van der Waals surface area contributed by atoms with Crippen LogP contribution < -0.4 is 5.32 Å². The first kappa shape index (κ1) is 17.9. The molecule has 7 nitrogen and oxygen atoms in total. The number of nitrogens with zero attached hydrogens (tertiary/aromatic N) is 2. The SMILES string of the molecule is CCOC(=O)c1c(C)[nH]c(C(=O)CSc2nnc(NC3CC3)s2)c1C. The maximum absolute atomic E-state index is 12.5. The Kier molecular flexibility index (Phi) is 5.43. The third-order valence-corrected chi connectivity index (χ3v) is 5.82. The molecular weight excluding hydrogens is 360 g/mol. The molecule has 9 heteroatoms. The number of Topliss-reactive ketones (excluding diaryl/α,β-unsaturated/α-hetero) is 1. The number of aryl methyl sites for hydroxylation is 1. The van der Waals surface area contributed by atoms with Gasteiger partial charge in [-0.3, -0.25) is 4.79 Å². The largest absolute Gasteiger partial charge is 0.462 e. The summed E-state index contributed by atoms with van der Waals surface area (Å²) in [5, 5.41) is 12.3. The number of thioether (sulfide) groups is 1. The molecule has 0 amide bonds. The van der Waals surface area contributed by atoms with Gasteiger partial charge in [-0.2, -0.15) is 0 Å². The van der Waals surface area contributed by atoms with Gasteiger partial charge in [-0.15, -0.1) is 10.2 Å². The van der Waals surface area contributed by atoms with Crippen molar-refractivity contribution in [2.45, 2.75) is 44.0 Å². The van der Waals surface area contributed by atoms with E-state index < -0.39 is 5.97 Å². The Labute approximate surface area is 153 Å². The number of ketones is 1. The molecule has 1 aliphatic carbocycles. The average Bonchev–Trinajstić information content (AvgIpc) is 3.17. The lowest BCUT2D eigenvalue weighted by molar-refractivity contribution is 0.0525.